The molecule has 1 aliphatic rings. The first-order valence-electron chi connectivity index (χ1n) is 6.44. The molecule has 1 heterocycles. The van der Waals surface area contributed by atoms with Gasteiger partial charge in [0.15, 0.2) is 0 Å². The molecule has 0 aromatic heterocycles. The number of halogens is 1. The van der Waals surface area contributed by atoms with E-state index in [-0.39, 0.29) is 29.0 Å². The van der Waals surface area contributed by atoms with Gasteiger partial charge in [-0.2, -0.15) is 0 Å². The zero-order chi connectivity index (χ0) is 14.7. The van der Waals surface area contributed by atoms with Crippen LogP contribution in [0.15, 0.2) is 18.2 Å². The van der Waals surface area contributed by atoms with Crippen molar-refractivity contribution in [2.75, 3.05) is 25.9 Å². The number of benzene rings is 1. The normalized spacial score (nSPS) is 16.0. The monoisotopic (exact) mass is 280 g/mol. The fraction of sp³-hybridized carbons (Fsp3) is 0.429. The molecule has 20 heavy (non-hydrogen) atoms. The maximum absolute atomic E-state index is 13.3. The number of rotatable bonds is 2. The standard InChI is InChI=1S/C14H17FN2O3/c1-20-14(19)9-2-4-17(5-3-9)13(18)10-6-11(15)8-12(16)7-10/h6-9H,2-5,16H2,1H3. The van der Waals surface area contributed by atoms with Gasteiger partial charge in [0.05, 0.1) is 13.0 Å². The third-order valence-corrected chi connectivity index (χ3v) is 3.48. The van der Waals surface area contributed by atoms with Gasteiger partial charge in [-0.15, -0.1) is 0 Å². The molecule has 1 saturated heterocycles. The molecule has 1 aliphatic heterocycles. The molecule has 1 aromatic carbocycles. The lowest BCUT2D eigenvalue weighted by Crippen LogP contribution is -2.40. The van der Waals surface area contributed by atoms with Crippen molar-refractivity contribution in [1.29, 1.82) is 0 Å². The SMILES string of the molecule is COC(=O)C1CCN(C(=O)c2cc(N)cc(F)c2)CC1. The second-order valence-electron chi connectivity index (χ2n) is 4.86. The van der Waals surface area contributed by atoms with Crippen LogP contribution >= 0.6 is 0 Å². The Hall–Kier alpha value is -2.11. The lowest BCUT2D eigenvalue weighted by molar-refractivity contribution is -0.146. The smallest absolute Gasteiger partial charge is 0.308 e. The summed E-state index contributed by atoms with van der Waals surface area (Å²) in [5, 5.41) is 0. The van der Waals surface area contributed by atoms with Crippen LogP contribution in [0.4, 0.5) is 10.1 Å². The minimum atomic E-state index is -0.530. The number of carbonyl (C=O) groups excluding carboxylic acids is 2. The van der Waals surface area contributed by atoms with E-state index < -0.39 is 5.82 Å². The largest absolute Gasteiger partial charge is 0.469 e. The highest BCUT2D eigenvalue weighted by molar-refractivity contribution is 5.95. The molecule has 6 heteroatoms. The van der Waals surface area contributed by atoms with Gasteiger partial charge < -0.3 is 15.4 Å². The Morgan fingerprint density at radius 1 is 1.30 bits per heavy atom. The summed E-state index contributed by atoms with van der Waals surface area (Å²) in [5.41, 5.74) is 5.99. The number of ether oxygens (including phenoxy) is 1. The number of nitrogens with two attached hydrogens (primary N) is 1. The number of piperidine rings is 1. The predicted octanol–water partition coefficient (Wildman–Crippen LogP) is 1.43. The lowest BCUT2D eigenvalue weighted by atomic mass is 9.96. The van der Waals surface area contributed by atoms with Gasteiger partial charge in [0.1, 0.15) is 5.82 Å². The van der Waals surface area contributed by atoms with E-state index in [1.807, 2.05) is 0 Å². The summed E-state index contributed by atoms with van der Waals surface area (Å²) in [5.74, 6) is -1.20. The van der Waals surface area contributed by atoms with E-state index in [1.165, 1.54) is 25.3 Å². The topological polar surface area (TPSA) is 72.6 Å². The number of likely N-dealkylation sites (tertiary alicyclic amines) is 1. The van der Waals surface area contributed by atoms with Crippen molar-refractivity contribution in [3.63, 3.8) is 0 Å². The van der Waals surface area contributed by atoms with Crippen LogP contribution in [0.2, 0.25) is 0 Å². The van der Waals surface area contributed by atoms with Crippen molar-refractivity contribution in [2.24, 2.45) is 5.92 Å². The summed E-state index contributed by atoms with van der Waals surface area (Å²) in [7, 11) is 1.36. The molecular weight excluding hydrogens is 263 g/mol. The molecule has 0 spiro atoms. The van der Waals surface area contributed by atoms with Crippen LogP contribution in [-0.2, 0) is 9.53 Å². The number of hydrogen-bond donors (Lipinski definition) is 1. The van der Waals surface area contributed by atoms with E-state index >= 15 is 0 Å². The van der Waals surface area contributed by atoms with Crippen molar-refractivity contribution in [3.8, 4) is 0 Å². The second kappa shape index (κ2) is 5.90. The van der Waals surface area contributed by atoms with Crippen LogP contribution in [0.25, 0.3) is 0 Å². The molecule has 1 aromatic rings. The highest BCUT2D eigenvalue weighted by Crippen LogP contribution is 2.21. The average molecular weight is 280 g/mol. The van der Waals surface area contributed by atoms with Crippen LogP contribution in [0.1, 0.15) is 23.2 Å². The highest BCUT2D eigenvalue weighted by atomic mass is 19.1. The number of hydrogen-bond acceptors (Lipinski definition) is 4. The molecule has 108 valence electrons. The molecule has 2 rings (SSSR count). The molecule has 2 N–H and O–H groups in total. The Kier molecular flexibility index (Phi) is 4.22. The molecule has 0 bridgehead atoms. The molecule has 0 atom stereocenters. The van der Waals surface area contributed by atoms with Crippen molar-refractivity contribution >= 4 is 17.6 Å². The number of carbonyl (C=O) groups is 2. The third-order valence-electron chi connectivity index (χ3n) is 3.48. The maximum Gasteiger partial charge on any atom is 0.308 e. The lowest BCUT2D eigenvalue weighted by Gasteiger charge is -2.30. The Morgan fingerprint density at radius 2 is 1.95 bits per heavy atom. The van der Waals surface area contributed by atoms with Gasteiger partial charge in [-0.05, 0) is 31.0 Å². The number of nitrogens with zero attached hydrogens (tertiary/aromatic N) is 1. The van der Waals surface area contributed by atoms with Gasteiger partial charge in [0, 0.05) is 24.3 Å². The second-order valence-corrected chi connectivity index (χ2v) is 4.86. The Labute approximate surface area is 116 Å². The molecular formula is C14H17FN2O3. The van der Waals surface area contributed by atoms with Crippen molar-refractivity contribution in [3.05, 3.63) is 29.6 Å². The van der Waals surface area contributed by atoms with Crippen molar-refractivity contribution in [1.82, 2.24) is 4.90 Å². The van der Waals surface area contributed by atoms with Gasteiger partial charge in [-0.1, -0.05) is 0 Å². The van der Waals surface area contributed by atoms with E-state index in [4.69, 9.17) is 10.5 Å². The Balaban J connectivity index is 2.03. The van der Waals surface area contributed by atoms with Crippen LogP contribution in [0.5, 0.6) is 0 Å². The summed E-state index contributed by atoms with van der Waals surface area (Å²) >= 11 is 0. The third kappa shape index (κ3) is 3.07. The van der Waals surface area contributed by atoms with Crippen LogP contribution in [0, 0.1) is 11.7 Å². The first-order chi connectivity index (χ1) is 9.51. The first kappa shape index (κ1) is 14.3. The zero-order valence-corrected chi connectivity index (χ0v) is 11.3. The van der Waals surface area contributed by atoms with Crippen LogP contribution in [-0.4, -0.2) is 37.0 Å². The quantitative estimate of drug-likeness (QED) is 0.657. The number of amides is 1. The first-order valence-corrected chi connectivity index (χ1v) is 6.44. The summed E-state index contributed by atoms with van der Waals surface area (Å²) in [4.78, 5) is 25.3. The molecule has 0 unspecified atom stereocenters. The number of esters is 1. The zero-order valence-electron chi connectivity index (χ0n) is 11.3. The minimum absolute atomic E-state index is 0.165. The average Bonchev–Trinajstić information content (AvgIpc) is 2.45. The van der Waals surface area contributed by atoms with E-state index in [0.29, 0.717) is 25.9 Å². The summed E-state index contributed by atoms with van der Waals surface area (Å²) in [6.07, 6.45) is 1.12. The number of anilines is 1. The molecule has 5 nitrogen and oxygen atoms in total. The summed E-state index contributed by atoms with van der Waals surface area (Å²) < 4.78 is 18.0. The van der Waals surface area contributed by atoms with E-state index in [2.05, 4.69) is 0 Å². The van der Waals surface area contributed by atoms with Gasteiger partial charge in [-0.3, -0.25) is 9.59 Å². The molecule has 0 aliphatic carbocycles. The fourth-order valence-electron chi connectivity index (χ4n) is 2.40. The van der Waals surface area contributed by atoms with E-state index in [9.17, 15) is 14.0 Å². The van der Waals surface area contributed by atoms with E-state index in [0.717, 1.165) is 0 Å². The van der Waals surface area contributed by atoms with Crippen molar-refractivity contribution < 1.29 is 18.7 Å². The van der Waals surface area contributed by atoms with Crippen LogP contribution < -0.4 is 5.73 Å². The molecule has 1 amide bonds. The Morgan fingerprint density at radius 3 is 2.50 bits per heavy atom. The summed E-state index contributed by atoms with van der Waals surface area (Å²) in [6, 6.07) is 3.79. The highest BCUT2D eigenvalue weighted by Gasteiger charge is 2.28. The fourth-order valence-corrected chi connectivity index (χ4v) is 2.40. The predicted molar refractivity (Wildman–Crippen MR) is 71.5 cm³/mol. The van der Waals surface area contributed by atoms with Crippen LogP contribution in [0.3, 0.4) is 0 Å². The van der Waals surface area contributed by atoms with Gasteiger partial charge in [0.2, 0.25) is 0 Å². The van der Waals surface area contributed by atoms with E-state index in [1.54, 1.807) is 4.90 Å². The van der Waals surface area contributed by atoms with Gasteiger partial charge >= 0.3 is 5.97 Å². The maximum atomic E-state index is 13.3. The van der Waals surface area contributed by atoms with Gasteiger partial charge in [-0.25, -0.2) is 4.39 Å². The molecule has 0 radical (unpaired) electrons. The molecule has 1 fully saturated rings. The minimum Gasteiger partial charge on any atom is -0.469 e. The Bertz CT molecular complexity index is 505. The van der Waals surface area contributed by atoms with Gasteiger partial charge in [0.25, 0.3) is 5.91 Å². The number of nitrogen functional groups attached to an aromatic ring is 1. The summed E-state index contributed by atoms with van der Waals surface area (Å²) in [6.45, 7) is 0.907. The molecule has 0 saturated carbocycles. The number of methoxy groups -OCH3 is 1. The van der Waals surface area contributed by atoms with Crippen molar-refractivity contribution in [2.45, 2.75) is 12.8 Å².